The molecule has 0 aromatic heterocycles. The van der Waals surface area contributed by atoms with Crippen LogP contribution in [-0.2, 0) is 9.59 Å². The fraction of sp³-hybridized carbons (Fsp3) is 0.167. The monoisotopic (exact) mass is 464 g/mol. The number of benzene rings is 2. The Kier molecular flexibility index (Phi) is 7.66. The molecule has 0 saturated heterocycles. The lowest BCUT2D eigenvalue weighted by Crippen LogP contribution is -2.20. The molecule has 2 rings (SSSR count). The summed E-state index contributed by atoms with van der Waals surface area (Å²) in [7, 11) is 1.54. The molecule has 2 aromatic carbocycles. The van der Waals surface area contributed by atoms with Crippen molar-refractivity contribution in [2.45, 2.75) is 12.8 Å². The number of halogens is 1. The van der Waals surface area contributed by atoms with Gasteiger partial charge in [-0.15, -0.1) is 0 Å². The van der Waals surface area contributed by atoms with E-state index in [4.69, 9.17) is 4.74 Å². The molecule has 0 heterocycles. The third-order valence-corrected chi connectivity index (χ3v) is 4.08. The van der Waals surface area contributed by atoms with Gasteiger partial charge in [-0.05, 0) is 30.3 Å². The zero-order chi connectivity index (χ0) is 21.4. The lowest BCUT2D eigenvalue weighted by atomic mass is 10.2. The smallest absolute Gasteiger partial charge is 0.312 e. The van der Waals surface area contributed by atoms with Gasteiger partial charge in [0.05, 0.1) is 18.2 Å². The average molecular weight is 465 g/mol. The van der Waals surface area contributed by atoms with E-state index in [1.54, 1.807) is 24.3 Å². The lowest BCUT2D eigenvalue weighted by Gasteiger charge is -2.06. The maximum Gasteiger partial charge on any atom is 0.312 e. The van der Waals surface area contributed by atoms with Gasteiger partial charge in [0, 0.05) is 34.6 Å². The number of ether oxygens (including phenoxy) is 1. The van der Waals surface area contributed by atoms with Crippen LogP contribution >= 0.6 is 15.9 Å². The van der Waals surface area contributed by atoms with E-state index in [1.165, 1.54) is 13.2 Å². The van der Waals surface area contributed by atoms with Gasteiger partial charge in [0.15, 0.2) is 0 Å². The van der Waals surface area contributed by atoms with Gasteiger partial charge >= 0.3 is 5.69 Å². The quantitative estimate of drug-likeness (QED) is 0.311. The van der Waals surface area contributed by atoms with Gasteiger partial charge in [0.1, 0.15) is 5.75 Å². The molecule has 0 aliphatic heterocycles. The zero-order valence-corrected chi connectivity index (χ0v) is 16.8. The number of hydrogen-bond acceptors (Lipinski definition) is 7. The number of rotatable bonds is 8. The molecular formula is C18H17BrN4O6. The van der Waals surface area contributed by atoms with Gasteiger partial charge in [-0.25, -0.2) is 5.43 Å². The maximum atomic E-state index is 11.9. The van der Waals surface area contributed by atoms with E-state index in [-0.39, 0.29) is 24.3 Å². The highest BCUT2D eigenvalue weighted by Gasteiger charge is 2.17. The molecule has 0 spiro atoms. The topological polar surface area (TPSA) is 143 Å². The zero-order valence-electron chi connectivity index (χ0n) is 15.2. The van der Waals surface area contributed by atoms with Gasteiger partial charge in [-0.1, -0.05) is 15.9 Å². The second-order valence-electron chi connectivity index (χ2n) is 5.69. The molecule has 29 heavy (non-hydrogen) atoms. The van der Waals surface area contributed by atoms with Crippen LogP contribution in [-0.4, -0.2) is 35.2 Å². The van der Waals surface area contributed by atoms with Crippen LogP contribution in [0.3, 0.4) is 0 Å². The summed E-state index contributed by atoms with van der Waals surface area (Å²) in [6.07, 6.45) is 0.882. The Morgan fingerprint density at radius 3 is 2.52 bits per heavy atom. The average Bonchev–Trinajstić information content (AvgIpc) is 2.69. The number of phenols is 1. The van der Waals surface area contributed by atoms with Crippen molar-refractivity contribution in [3.8, 4) is 11.5 Å². The van der Waals surface area contributed by atoms with Crippen molar-refractivity contribution in [2.24, 2.45) is 5.10 Å². The number of nitro groups is 1. The lowest BCUT2D eigenvalue weighted by molar-refractivity contribution is -0.385. The Morgan fingerprint density at radius 2 is 1.90 bits per heavy atom. The van der Waals surface area contributed by atoms with Crippen LogP contribution in [0.1, 0.15) is 18.4 Å². The normalized spacial score (nSPS) is 10.6. The third-order valence-electron chi connectivity index (χ3n) is 3.63. The summed E-state index contributed by atoms with van der Waals surface area (Å²) in [5.41, 5.74) is 2.32. The molecule has 0 atom stereocenters. The van der Waals surface area contributed by atoms with Gasteiger partial charge in [-0.3, -0.25) is 19.7 Å². The second kappa shape index (κ2) is 10.2. The van der Waals surface area contributed by atoms with E-state index in [2.05, 4.69) is 31.8 Å². The van der Waals surface area contributed by atoms with E-state index in [0.717, 1.165) is 12.3 Å². The SMILES string of the molecule is COc1ccc(NC(=O)CCC(=O)N/N=C/c2cc(Br)cc([N+](=O)[O-])c2O)cc1. The van der Waals surface area contributed by atoms with Gasteiger partial charge in [0.25, 0.3) is 0 Å². The fourth-order valence-corrected chi connectivity index (χ4v) is 2.66. The molecule has 0 radical (unpaired) electrons. The van der Waals surface area contributed by atoms with E-state index >= 15 is 0 Å². The van der Waals surface area contributed by atoms with Crippen LogP contribution in [0.15, 0.2) is 46.0 Å². The molecular weight excluding hydrogens is 448 g/mol. The minimum Gasteiger partial charge on any atom is -0.502 e. The van der Waals surface area contributed by atoms with Crippen molar-refractivity contribution in [1.29, 1.82) is 0 Å². The Bertz CT molecular complexity index is 946. The van der Waals surface area contributed by atoms with Gasteiger partial charge in [-0.2, -0.15) is 5.10 Å². The summed E-state index contributed by atoms with van der Waals surface area (Å²) in [6.45, 7) is 0. The predicted octanol–water partition coefficient (Wildman–Crippen LogP) is 2.94. The molecule has 0 aliphatic carbocycles. The number of aromatic hydroxyl groups is 1. The first kappa shape index (κ1) is 21.8. The predicted molar refractivity (Wildman–Crippen MR) is 109 cm³/mol. The van der Waals surface area contributed by atoms with Crippen molar-refractivity contribution >= 4 is 45.3 Å². The van der Waals surface area contributed by atoms with Crippen molar-refractivity contribution in [3.05, 3.63) is 56.5 Å². The molecule has 0 bridgehead atoms. The number of carbonyl (C=O) groups is 2. The van der Waals surface area contributed by atoms with E-state index in [0.29, 0.717) is 15.9 Å². The molecule has 2 aromatic rings. The van der Waals surface area contributed by atoms with Crippen LogP contribution < -0.4 is 15.5 Å². The molecule has 0 saturated carbocycles. The van der Waals surface area contributed by atoms with Crippen LogP contribution in [0.25, 0.3) is 0 Å². The number of amides is 2. The number of anilines is 1. The summed E-state index contributed by atoms with van der Waals surface area (Å²) in [5.74, 6) is -0.804. The highest BCUT2D eigenvalue weighted by atomic mass is 79.9. The van der Waals surface area contributed by atoms with Gasteiger partial charge in [0.2, 0.25) is 17.6 Å². The van der Waals surface area contributed by atoms with Crippen molar-refractivity contribution < 1.29 is 24.4 Å². The number of hydrazone groups is 1. The van der Waals surface area contributed by atoms with Crippen LogP contribution in [0.4, 0.5) is 11.4 Å². The number of nitrogens with one attached hydrogen (secondary N) is 2. The highest BCUT2D eigenvalue weighted by Crippen LogP contribution is 2.32. The van der Waals surface area contributed by atoms with Crippen LogP contribution in [0, 0.1) is 10.1 Å². The number of phenolic OH excluding ortho intramolecular Hbond substituents is 1. The first-order valence-electron chi connectivity index (χ1n) is 8.23. The van der Waals surface area contributed by atoms with Crippen molar-refractivity contribution in [2.75, 3.05) is 12.4 Å². The Labute approximate surface area is 173 Å². The van der Waals surface area contributed by atoms with Crippen molar-refractivity contribution in [3.63, 3.8) is 0 Å². The van der Waals surface area contributed by atoms with Crippen LogP contribution in [0.2, 0.25) is 0 Å². The summed E-state index contributed by atoms with van der Waals surface area (Å²) < 4.78 is 5.39. The summed E-state index contributed by atoms with van der Waals surface area (Å²) in [4.78, 5) is 33.8. The minimum atomic E-state index is -0.739. The molecule has 152 valence electrons. The van der Waals surface area contributed by atoms with Crippen LogP contribution in [0.5, 0.6) is 11.5 Å². The Balaban J connectivity index is 1.85. The molecule has 0 fully saturated rings. The number of nitrogens with zero attached hydrogens (tertiary/aromatic N) is 2. The van der Waals surface area contributed by atoms with Crippen molar-refractivity contribution in [1.82, 2.24) is 5.43 Å². The first-order valence-corrected chi connectivity index (χ1v) is 9.02. The first-order chi connectivity index (χ1) is 13.8. The summed E-state index contributed by atoms with van der Waals surface area (Å²) >= 11 is 3.10. The number of hydrogen-bond donors (Lipinski definition) is 3. The summed E-state index contributed by atoms with van der Waals surface area (Å²) in [6, 6.07) is 9.28. The highest BCUT2D eigenvalue weighted by molar-refractivity contribution is 9.10. The molecule has 0 aliphatic rings. The molecule has 10 nitrogen and oxygen atoms in total. The molecule has 3 N–H and O–H groups in total. The minimum absolute atomic E-state index is 0.0450. The largest absolute Gasteiger partial charge is 0.502 e. The Hall–Kier alpha value is -3.47. The molecule has 2 amide bonds. The summed E-state index contributed by atoms with van der Waals surface area (Å²) in [5, 5.41) is 27.1. The van der Waals surface area contributed by atoms with E-state index < -0.39 is 22.3 Å². The second-order valence-corrected chi connectivity index (χ2v) is 6.61. The maximum absolute atomic E-state index is 11.9. The van der Waals surface area contributed by atoms with E-state index in [1.807, 2.05) is 0 Å². The third kappa shape index (κ3) is 6.57. The van der Waals surface area contributed by atoms with Gasteiger partial charge < -0.3 is 15.2 Å². The molecule has 0 unspecified atom stereocenters. The number of nitro benzene ring substituents is 1. The number of methoxy groups -OCH3 is 1. The Morgan fingerprint density at radius 1 is 1.24 bits per heavy atom. The fourth-order valence-electron chi connectivity index (χ4n) is 2.20. The van der Waals surface area contributed by atoms with E-state index in [9.17, 15) is 24.8 Å². The molecule has 11 heteroatoms. The standard InChI is InChI=1S/C18H17BrN4O6/c1-29-14-4-2-13(3-5-14)21-16(24)6-7-17(25)22-20-10-11-8-12(19)9-15(18(11)26)23(27)28/h2-5,8-10,26H,6-7H2,1H3,(H,21,24)(H,22,25)/b20-10+. The number of carbonyl (C=O) groups excluding carboxylic acids is 2.